The summed E-state index contributed by atoms with van der Waals surface area (Å²) in [5.74, 6) is -0.476. The number of rotatable bonds is 2. The molecular weight excluding hydrogens is 418 g/mol. The summed E-state index contributed by atoms with van der Waals surface area (Å²) < 4.78 is 39.0. The van der Waals surface area contributed by atoms with E-state index in [0.717, 1.165) is 12.1 Å². The van der Waals surface area contributed by atoms with E-state index in [4.69, 9.17) is 11.6 Å². The third-order valence-electron chi connectivity index (χ3n) is 2.65. The van der Waals surface area contributed by atoms with Crippen molar-refractivity contribution in [2.24, 2.45) is 0 Å². The molecule has 0 saturated heterocycles. The molecule has 0 bridgehead atoms. The Morgan fingerprint density at radius 3 is 2.43 bits per heavy atom. The van der Waals surface area contributed by atoms with Crippen molar-refractivity contribution in [2.75, 3.05) is 5.32 Å². The second kappa shape index (κ2) is 6.23. The molecule has 0 unspecified atom stereocenters. The lowest BCUT2D eigenvalue weighted by Gasteiger charge is -2.12. The largest absolute Gasteiger partial charge is 0.417 e. The van der Waals surface area contributed by atoms with Gasteiger partial charge in [0.15, 0.2) is 0 Å². The van der Waals surface area contributed by atoms with Crippen LogP contribution in [0.3, 0.4) is 0 Å². The van der Waals surface area contributed by atoms with Crippen molar-refractivity contribution in [3.05, 3.63) is 62.2 Å². The first-order valence-corrected chi connectivity index (χ1v) is 7.17. The van der Waals surface area contributed by atoms with Crippen molar-refractivity contribution in [3.8, 4) is 0 Å². The average molecular weight is 426 g/mol. The molecule has 0 aliphatic carbocycles. The maximum atomic E-state index is 12.8. The standard InChI is InChI=1S/C14H8ClF3INO/c15-11-6-5-8(7-10(11)14(16,17)18)20-13(21)9-3-1-2-4-12(9)19/h1-7H,(H,20,21). The van der Waals surface area contributed by atoms with Gasteiger partial charge in [-0.05, 0) is 52.9 Å². The zero-order chi connectivity index (χ0) is 15.6. The summed E-state index contributed by atoms with van der Waals surface area (Å²) in [6.07, 6.45) is -4.57. The number of amides is 1. The molecular formula is C14H8ClF3INO. The lowest BCUT2D eigenvalue weighted by atomic mass is 10.1. The lowest BCUT2D eigenvalue weighted by Crippen LogP contribution is -2.14. The zero-order valence-electron chi connectivity index (χ0n) is 10.3. The van der Waals surface area contributed by atoms with Crippen molar-refractivity contribution in [3.63, 3.8) is 0 Å². The topological polar surface area (TPSA) is 29.1 Å². The monoisotopic (exact) mass is 425 g/mol. The highest BCUT2D eigenvalue weighted by atomic mass is 127. The van der Waals surface area contributed by atoms with Crippen LogP contribution < -0.4 is 5.32 Å². The van der Waals surface area contributed by atoms with Gasteiger partial charge in [0.25, 0.3) is 5.91 Å². The van der Waals surface area contributed by atoms with E-state index in [9.17, 15) is 18.0 Å². The Morgan fingerprint density at radius 2 is 1.81 bits per heavy atom. The van der Waals surface area contributed by atoms with Gasteiger partial charge in [-0.1, -0.05) is 23.7 Å². The molecule has 0 saturated carbocycles. The van der Waals surface area contributed by atoms with E-state index in [1.807, 2.05) is 22.6 Å². The van der Waals surface area contributed by atoms with Gasteiger partial charge >= 0.3 is 6.18 Å². The minimum Gasteiger partial charge on any atom is -0.322 e. The zero-order valence-corrected chi connectivity index (χ0v) is 13.3. The summed E-state index contributed by atoms with van der Waals surface area (Å²) in [5, 5.41) is 2.03. The summed E-state index contributed by atoms with van der Waals surface area (Å²) in [5.41, 5.74) is -0.553. The number of hydrogen-bond acceptors (Lipinski definition) is 1. The third kappa shape index (κ3) is 3.88. The van der Waals surface area contributed by atoms with Crippen LogP contribution in [-0.2, 0) is 6.18 Å². The summed E-state index contributed by atoms with van der Waals surface area (Å²) >= 11 is 7.51. The van der Waals surface area contributed by atoms with Gasteiger partial charge in [0.05, 0.1) is 16.1 Å². The molecule has 0 atom stereocenters. The van der Waals surface area contributed by atoms with Crippen LogP contribution in [0.5, 0.6) is 0 Å². The highest BCUT2D eigenvalue weighted by Gasteiger charge is 2.33. The number of alkyl halides is 3. The minimum atomic E-state index is -4.57. The molecule has 0 aliphatic rings. The van der Waals surface area contributed by atoms with E-state index in [-0.39, 0.29) is 5.69 Å². The van der Waals surface area contributed by atoms with Crippen molar-refractivity contribution in [1.82, 2.24) is 0 Å². The molecule has 0 radical (unpaired) electrons. The SMILES string of the molecule is O=C(Nc1ccc(Cl)c(C(F)(F)F)c1)c1ccccc1I. The maximum Gasteiger partial charge on any atom is 0.417 e. The quantitative estimate of drug-likeness (QED) is 0.657. The Morgan fingerprint density at radius 1 is 1.14 bits per heavy atom. The Hall–Kier alpha value is -1.28. The fraction of sp³-hybridized carbons (Fsp3) is 0.0714. The van der Waals surface area contributed by atoms with E-state index in [2.05, 4.69) is 5.32 Å². The van der Waals surface area contributed by atoms with Gasteiger partial charge in [0.2, 0.25) is 0 Å². The molecule has 1 amide bonds. The number of carbonyl (C=O) groups is 1. The molecule has 0 heterocycles. The van der Waals surface area contributed by atoms with Gasteiger partial charge in [0.1, 0.15) is 0 Å². The smallest absolute Gasteiger partial charge is 0.322 e. The Kier molecular flexibility index (Phi) is 4.77. The summed E-state index contributed by atoms with van der Waals surface area (Å²) in [6.45, 7) is 0. The van der Waals surface area contributed by atoms with Crippen LogP contribution in [0.1, 0.15) is 15.9 Å². The number of nitrogens with one attached hydrogen (secondary N) is 1. The van der Waals surface area contributed by atoms with E-state index in [0.29, 0.717) is 9.13 Å². The van der Waals surface area contributed by atoms with Gasteiger partial charge in [-0.25, -0.2) is 0 Å². The first-order valence-electron chi connectivity index (χ1n) is 5.71. The van der Waals surface area contributed by atoms with Crippen molar-refractivity contribution < 1.29 is 18.0 Å². The van der Waals surface area contributed by atoms with Crippen molar-refractivity contribution in [2.45, 2.75) is 6.18 Å². The fourth-order valence-electron chi connectivity index (χ4n) is 1.66. The Labute approximate surface area is 137 Å². The summed E-state index contributed by atoms with van der Waals surface area (Å²) in [7, 11) is 0. The fourth-order valence-corrected chi connectivity index (χ4v) is 2.52. The molecule has 0 fully saturated rings. The van der Waals surface area contributed by atoms with Crippen molar-refractivity contribution in [1.29, 1.82) is 0 Å². The Balaban J connectivity index is 2.29. The molecule has 0 spiro atoms. The number of anilines is 1. The van der Waals surface area contributed by atoms with Crippen LogP contribution in [0.25, 0.3) is 0 Å². The normalized spacial score (nSPS) is 11.3. The second-order valence-electron chi connectivity index (χ2n) is 4.13. The third-order valence-corrected chi connectivity index (χ3v) is 3.92. The summed E-state index contributed by atoms with van der Waals surface area (Å²) in [4.78, 5) is 12.1. The van der Waals surface area contributed by atoms with Crippen LogP contribution >= 0.6 is 34.2 Å². The molecule has 21 heavy (non-hydrogen) atoms. The lowest BCUT2D eigenvalue weighted by molar-refractivity contribution is -0.137. The second-order valence-corrected chi connectivity index (χ2v) is 5.70. The molecule has 7 heteroatoms. The van der Waals surface area contributed by atoms with E-state index >= 15 is 0 Å². The molecule has 2 nitrogen and oxygen atoms in total. The Bertz CT molecular complexity index is 688. The van der Waals surface area contributed by atoms with Gasteiger partial charge in [-0.2, -0.15) is 13.2 Å². The van der Waals surface area contributed by atoms with Crippen LogP contribution in [0, 0.1) is 3.57 Å². The molecule has 2 aromatic rings. The molecule has 110 valence electrons. The average Bonchev–Trinajstić information content (AvgIpc) is 2.40. The highest BCUT2D eigenvalue weighted by molar-refractivity contribution is 14.1. The molecule has 0 aliphatic heterocycles. The van der Waals surface area contributed by atoms with Crippen LogP contribution in [0.2, 0.25) is 5.02 Å². The van der Waals surface area contributed by atoms with Gasteiger partial charge < -0.3 is 5.32 Å². The maximum absolute atomic E-state index is 12.8. The van der Waals surface area contributed by atoms with Gasteiger partial charge in [-0.15, -0.1) is 0 Å². The minimum absolute atomic E-state index is 0.0383. The van der Waals surface area contributed by atoms with E-state index in [1.54, 1.807) is 24.3 Å². The number of hydrogen-bond donors (Lipinski definition) is 1. The molecule has 1 N–H and O–H groups in total. The highest BCUT2D eigenvalue weighted by Crippen LogP contribution is 2.36. The predicted molar refractivity (Wildman–Crippen MR) is 83.6 cm³/mol. The predicted octanol–water partition coefficient (Wildman–Crippen LogP) is 5.22. The molecule has 2 aromatic carbocycles. The van der Waals surface area contributed by atoms with Crippen molar-refractivity contribution >= 4 is 45.8 Å². The first kappa shape index (κ1) is 16.1. The van der Waals surface area contributed by atoms with Crippen LogP contribution in [-0.4, -0.2) is 5.91 Å². The number of carbonyl (C=O) groups excluding carboxylic acids is 1. The van der Waals surface area contributed by atoms with Gasteiger partial charge in [-0.3, -0.25) is 4.79 Å². The van der Waals surface area contributed by atoms with Crippen LogP contribution in [0.4, 0.5) is 18.9 Å². The van der Waals surface area contributed by atoms with E-state index < -0.39 is 22.7 Å². The van der Waals surface area contributed by atoms with Gasteiger partial charge in [0, 0.05) is 9.26 Å². The molecule has 0 aromatic heterocycles. The summed E-state index contributed by atoms with van der Waals surface area (Å²) in [6, 6.07) is 10.0. The number of halogens is 5. The number of benzene rings is 2. The molecule has 2 rings (SSSR count). The van der Waals surface area contributed by atoms with Crippen LogP contribution in [0.15, 0.2) is 42.5 Å². The first-order chi connectivity index (χ1) is 9.79. The van der Waals surface area contributed by atoms with E-state index in [1.165, 1.54) is 6.07 Å².